The van der Waals surface area contributed by atoms with E-state index in [9.17, 15) is 22.8 Å². The zero-order valence-electron chi connectivity index (χ0n) is 13.5. The first-order valence-electron chi connectivity index (χ1n) is 7.68. The molecule has 0 heterocycles. The molecule has 0 spiro atoms. The summed E-state index contributed by atoms with van der Waals surface area (Å²) in [5.74, 6) is -0.800. The fourth-order valence-electron chi connectivity index (χ4n) is 2.09. The monoisotopic (exact) mass is 350 g/mol. The molecule has 0 unspecified atom stereocenters. The standard InChI is InChI=1S/C18H17F3N2O2/c1-2-10-22-16(24)12-6-8-13(9-7-12)17(25)23-15-5-3-4-14(11-15)18(19,20)21/h3-9,11H,2,10H2,1H3,(H,22,24)(H,23,25). The summed E-state index contributed by atoms with van der Waals surface area (Å²) in [5.41, 5.74) is -0.147. The second kappa shape index (κ2) is 7.83. The Morgan fingerprint density at radius 1 is 0.960 bits per heavy atom. The zero-order valence-corrected chi connectivity index (χ0v) is 13.5. The molecule has 0 fully saturated rings. The Hall–Kier alpha value is -2.83. The summed E-state index contributed by atoms with van der Waals surface area (Å²) in [4.78, 5) is 23.9. The van der Waals surface area contributed by atoms with Crippen molar-refractivity contribution >= 4 is 17.5 Å². The summed E-state index contributed by atoms with van der Waals surface area (Å²) in [6.07, 6.45) is -3.67. The van der Waals surface area contributed by atoms with Crippen LogP contribution in [0.1, 0.15) is 39.6 Å². The number of carbonyl (C=O) groups excluding carboxylic acids is 2. The molecule has 2 rings (SSSR count). The number of alkyl halides is 3. The van der Waals surface area contributed by atoms with Gasteiger partial charge in [-0.3, -0.25) is 9.59 Å². The number of anilines is 1. The lowest BCUT2D eigenvalue weighted by molar-refractivity contribution is -0.137. The van der Waals surface area contributed by atoms with Gasteiger partial charge >= 0.3 is 6.18 Å². The van der Waals surface area contributed by atoms with Gasteiger partial charge in [0.05, 0.1) is 5.56 Å². The van der Waals surface area contributed by atoms with Gasteiger partial charge in [0.1, 0.15) is 0 Å². The van der Waals surface area contributed by atoms with Gasteiger partial charge in [-0.1, -0.05) is 13.0 Å². The lowest BCUT2D eigenvalue weighted by Gasteiger charge is -2.10. The summed E-state index contributed by atoms with van der Waals surface area (Å²) >= 11 is 0. The molecule has 0 saturated carbocycles. The van der Waals surface area contributed by atoms with Crippen LogP contribution in [0.15, 0.2) is 48.5 Å². The molecule has 0 radical (unpaired) electrons. The van der Waals surface area contributed by atoms with E-state index in [-0.39, 0.29) is 17.2 Å². The number of hydrogen-bond acceptors (Lipinski definition) is 2. The van der Waals surface area contributed by atoms with Crippen LogP contribution in [-0.2, 0) is 6.18 Å². The van der Waals surface area contributed by atoms with Crippen molar-refractivity contribution in [2.75, 3.05) is 11.9 Å². The van der Waals surface area contributed by atoms with Crippen molar-refractivity contribution in [3.05, 3.63) is 65.2 Å². The molecule has 2 aromatic rings. The lowest BCUT2D eigenvalue weighted by atomic mass is 10.1. The van der Waals surface area contributed by atoms with Gasteiger partial charge in [0, 0.05) is 23.4 Å². The fourth-order valence-corrected chi connectivity index (χ4v) is 2.09. The van der Waals surface area contributed by atoms with Crippen LogP contribution < -0.4 is 10.6 Å². The molecule has 4 nitrogen and oxygen atoms in total. The van der Waals surface area contributed by atoms with Crippen molar-refractivity contribution in [3.8, 4) is 0 Å². The molecule has 0 aliphatic heterocycles. The van der Waals surface area contributed by atoms with E-state index in [0.29, 0.717) is 12.1 Å². The van der Waals surface area contributed by atoms with Gasteiger partial charge in [0.15, 0.2) is 0 Å². The summed E-state index contributed by atoms with van der Waals surface area (Å²) in [5, 5.41) is 5.13. The van der Waals surface area contributed by atoms with Crippen molar-refractivity contribution in [3.63, 3.8) is 0 Å². The number of hydrogen-bond donors (Lipinski definition) is 2. The van der Waals surface area contributed by atoms with E-state index >= 15 is 0 Å². The average molecular weight is 350 g/mol. The number of amides is 2. The Morgan fingerprint density at radius 2 is 1.56 bits per heavy atom. The van der Waals surface area contributed by atoms with Crippen LogP contribution in [0.3, 0.4) is 0 Å². The van der Waals surface area contributed by atoms with E-state index in [0.717, 1.165) is 18.6 Å². The number of rotatable bonds is 5. The minimum Gasteiger partial charge on any atom is -0.352 e. The smallest absolute Gasteiger partial charge is 0.352 e. The molecule has 0 atom stereocenters. The van der Waals surface area contributed by atoms with E-state index < -0.39 is 17.6 Å². The minimum atomic E-state index is -4.48. The predicted octanol–water partition coefficient (Wildman–Crippen LogP) is 4.10. The maximum absolute atomic E-state index is 12.7. The van der Waals surface area contributed by atoms with Crippen LogP contribution in [0.4, 0.5) is 18.9 Å². The van der Waals surface area contributed by atoms with E-state index in [1.807, 2.05) is 6.92 Å². The number of nitrogens with one attached hydrogen (secondary N) is 2. The molecule has 7 heteroatoms. The van der Waals surface area contributed by atoms with Crippen molar-refractivity contribution in [2.24, 2.45) is 0 Å². The quantitative estimate of drug-likeness (QED) is 0.853. The first kappa shape index (κ1) is 18.5. The van der Waals surface area contributed by atoms with Gasteiger partial charge in [0.25, 0.3) is 11.8 Å². The Labute approximate surface area is 143 Å². The molecule has 0 aromatic heterocycles. The Morgan fingerprint density at radius 3 is 2.12 bits per heavy atom. The van der Waals surface area contributed by atoms with Crippen LogP contribution >= 0.6 is 0 Å². The third-order valence-corrected chi connectivity index (χ3v) is 3.39. The predicted molar refractivity (Wildman–Crippen MR) is 88.5 cm³/mol. The highest BCUT2D eigenvalue weighted by molar-refractivity contribution is 6.05. The molecule has 25 heavy (non-hydrogen) atoms. The van der Waals surface area contributed by atoms with Gasteiger partial charge in [-0.05, 0) is 48.9 Å². The summed E-state index contributed by atoms with van der Waals surface area (Å²) in [6.45, 7) is 2.48. The third kappa shape index (κ3) is 5.07. The highest BCUT2D eigenvalue weighted by atomic mass is 19.4. The topological polar surface area (TPSA) is 58.2 Å². The molecule has 132 valence electrons. The highest BCUT2D eigenvalue weighted by Gasteiger charge is 2.30. The second-order valence-corrected chi connectivity index (χ2v) is 5.37. The fraction of sp³-hybridized carbons (Fsp3) is 0.222. The Kier molecular flexibility index (Phi) is 5.80. The maximum atomic E-state index is 12.7. The number of carbonyl (C=O) groups is 2. The molecular formula is C18H17F3N2O2. The van der Waals surface area contributed by atoms with Gasteiger partial charge in [-0.2, -0.15) is 13.2 Å². The van der Waals surface area contributed by atoms with Gasteiger partial charge in [0.2, 0.25) is 0 Å². The summed E-state index contributed by atoms with van der Waals surface area (Å²) in [6, 6.07) is 10.3. The normalized spacial score (nSPS) is 11.0. The van der Waals surface area contributed by atoms with Crippen LogP contribution in [-0.4, -0.2) is 18.4 Å². The van der Waals surface area contributed by atoms with E-state index in [2.05, 4.69) is 10.6 Å². The van der Waals surface area contributed by atoms with Gasteiger partial charge in [-0.25, -0.2) is 0 Å². The summed E-state index contributed by atoms with van der Waals surface area (Å²) in [7, 11) is 0. The lowest BCUT2D eigenvalue weighted by Crippen LogP contribution is -2.24. The Bertz CT molecular complexity index is 756. The molecule has 2 amide bonds. The average Bonchev–Trinajstić information content (AvgIpc) is 2.59. The molecule has 0 saturated heterocycles. The first-order chi connectivity index (χ1) is 11.8. The number of halogens is 3. The van der Waals surface area contributed by atoms with E-state index in [4.69, 9.17) is 0 Å². The van der Waals surface area contributed by atoms with Crippen LogP contribution in [0, 0.1) is 0 Å². The molecule has 0 aliphatic rings. The third-order valence-electron chi connectivity index (χ3n) is 3.39. The second-order valence-electron chi connectivity index (χ2n) is 5.37. The Balaban J connectivity index is 2.07. The van der Waals surface area contributed by atoms with Crippen molar-refractivity contribution in [1.82, 2.24) is 5.32 Å². The van der Waals surface area contributed by atoms with Gasteiger partial charge in [-0.15, -0.1) is 0 Å². The highest BCUT2D eigenvalue weighted by Crippen LogP contribution is 2.30. The molecule has 0 bridgehead atoms. The SMILES string of the molecule is CCCNC(=O)c1ccc(C(=O)Nc2cccc(C(F)(F)F)c2)cc1. The first-order valence-corrected chi connectivity index (χ1v) is 7.68. The van der Waals surface area contributed by atoms with Crippen molar-refractivity contribution < 1.29 is 22.8 Å². The van der Waals surface area contributed by atoms with Crippen molar-refractivity contribution in [1.29, 1.82) is 0 Å². The number of benzene rings is 2. The van der Waals surface area contributed by atoms with Gasteiger partial charge < -0.3 is 10.6 Å². The van der Waals surface area contributed by atoms with Crippen LogP contribution in [0.5, 0.6) is 0 Å². The van der Waals surface area contributed by atoms with E-state index in [1.165, 1.54) is 36.4 Å². The molecule has 2 N–H and O–H groups in total. The van der Waals surface area contributed by atoms with Crippen LogP contribution in [0.25, 0.3) is 0 Å². The molecular weight excluding hydrogens is 333 g/mol. The van der Waals surface area contributed by atoms with Crippen LogP contribution in [0.2, 0.25) is 0 Å². The largest absolute Gasteiger partial charge is 0.416 e. The zero-order chi connectivity index (χ0) is 18.4. The van der Waals surface area contributed by atoms with Crippen molar-refractivity contribution in [2.45, 2.75) is 19.5 Å². The summed E-state index contributed by atoms with van der Waals surface area (Å²) < 4.78 is 38.1. The van der Waals surface area contributed by atoms with E-state index in [1.54, 1.807) is 0 Å². The molecule has 0 aliphatic carbocycles. The molecule has 2 aromatic carbocycles. The minimum absolute atomic E-state index is 0.0459. The maximum Gasteiger partial charge on any atom is 0.416 e.